The lowest BCUT2D eigenvalue weighted by atomic mass is 9.77. The SMILES string of the molecule is CCC1(CO)CCN(C(=O)Nc2cccc(F)c2F)CC1. The average molecular weight is 298 g/mol. The van der Waals surface area contributed by atoms with Crippen LogP contribution in [-0.4, -0.2) is 35.7 Å². The molecular formula is C15H20F2N2O2. The van der Waals surface area contributed by atoms with Crippen molar-refractivity contribution in [2.75, 3.05) is 25.0 Å². The second-order valence-electron chi connectivity index (χ2n) is 5.53. The zero-order valence-corrected chi connectivity index (χ0v) is 12.0. The van der Waals surface area contributed by atoms with Crippen molar-refractivity contribution in [1.29, 1.82) is 0 Å². The molecule has 1 heterocycles. The van der Waals surface area contributed by atoms with E-state index in [0.717, 1.165) is 12.5 Å². The number of piperidine rings is 1. The highest BCUT2D eigenvalue weighted by Crippen LogP contribution is 2.34. The molecule has 21 heavy (non-hydrogen) atoms. The van der Waals surface area contributed by atoms with Gasteiger partial charge in [-0.2, -0.15) is 0 Å². The van der Waals surface area contributed by atoms with Gasteiger partial charge < -0.3 is 15.3 Å². The number of carbonyl (C=O) groups excluding carboxylic acids is 1. The molecule has 1 aromatic carbocycles. The van der Waals surface area contributed by atoms with E-state index in [4.69, 9.17) is 0 Å². The van der Waals surface area contributed by atoms with Gasteiger partial charge in [-0.25, -0.2) is 13.6 Å². The summed E-state index contributed by atoms with van der Waals surface area (Å²) in [5.74, 6) is -2.04. The summed E-state index contributed by atoms with van der Waals surface area (Å²) in [6.07, 6.45) is 2.27. The van der Waals surface area contributed by atoms with Crippen LogP contribution in [0.15, 0.2) is 18.2 Å². The molecule has 1 saturated heterocycles. The number of rotatable bonds is 3. The van der Waals surface area contributed by atoms with Crippen molar-refractivity contribution in [3.8, 4) is 0 Å². The van der Waals surface area contributed by atoms with Crippen LogP contribution in [0, 0.1) is 17.0 Å². The number of hydrogen-bond donors (Lipinski definition) is 2. The quantitative estimate of drug-likeness (QED) is 0.901. The zero-order chi connectivity index (χ0) is 15.5. The number of halogens is 2. The maximum Gasteiger partial charge on any atom is 0.321 e. The van der Waals surface area contributed by atoms with Crippen molar-refractivity contribution in [2.45, 2.75) is 26.2 Å². The van der Waals surface area contributed by atoms with E-state index in [0.29, 0.717) is 25.9 Å². The van der Waals surface area contributed by atoms with E-state index >= 15 is 0 Å². The molecule has 2 amide bonds. The first-order valence-electron chi connectivity index (χ1n) is 7.12. The summed E-state index contributed by atoms with van der Waals surface area (Å²) in [5.41, 5.74) is -0.282. The minimum absolute atomic E-state index is 0.109. The van der Waals surface area contributed by atoms with E-state index in [1.807, 2.05) is 6.92 Å². The van der Waals surface area contributed by atoms with Crippen LogP contribution >= 0.6 is 0 Å². The molecule has 1 aliphatic heterocycles. The molecule has 0 atom stereocenters. The summed E-state index contributed by atoms with van der Waals surface area (Å²) in [7, 11) is 0. The maximum atomic E-state index is 13.5. The van der Waals surface area contributed by atoms with Crippen molar-refractivity contribution < 1.29 is 18.7 Å². The Kier molecular flexibility index (Phi) is 4.77. The molecule has 116 valence electrons. The fourth-order valence-corrected chi connectivity index (χ4v) is 2.60. The average Bonchev–Trinajstić information content (AvgIpc) is 2.52. The van der Waals surface area contributed by atoms with Gasteiger partial charge in [0, 0.05) is 19.7 Å². The molecule has 1 aliphatic rings. The molecule has 1 aromatic rings. The van der Waals surface area contributed by atoms with Gasteiger partial charge in [0.1, 0.15) is 0 Å². The summed E-state index contributed by atoms with van der Waals surface area (Å²) in [6, 6.07) is 3.23. The Morgan fingerprint density at radius 1 is 1.38 bits per heavy atom. The van der Waals surface area contributed by atoms with Crippen LogP contribution in [0.25, 0.3) is 0 Å². The van der Waals surface area contributed by atoms with Gasteiger partial charge in [-0.3, -0.25) is 0 Å². The molecule has 0 unspecified atom stereocenters. The van der Waals surface area contributed by atoms with Gasteiger partial charge in [-0.05, 0) is 36.8 Å². The van der Waals surface area contributed by atoms with Crippen LogP contribution in [0.3, 0.4) is 0 Å². The lowest BCUT2D eigenvalue weighted by molar-refractivity contribution is 0.0542. The number of urea groups is 1. The lowest BCUT2D eigenvalue weighted by Gasteiger charge is -2.40. The number of anilines is 1. The highest BCUT2D eigenvalue weighted by atomic mass is 19.2. The van der Waals surface area contributed by atoms with Crippen molar-refractivity contribution in [3.05, 3.63) is 29.8 Å². The maximum absolute atomic E-state index is 13.5. The third-order valence-corrected chi connectivity index (χ3v) is 4.39. The Balaban J connectivity index is 1.98. The summed E-state index contributed by atoms with van der Waals surface area (Å²) >= 11 is 0. The normalized spacial score (nSPS) is 17.6. The number of aliphatic hydroxyl groups excluding tert-OH is 1. The number of nitrogens with zero attached hydrogens (tertiary/aromatic N) is 1. The number of amides is 2. The first kappa shape index (κ1) is 15.7. The monoisotopic (exact) mass is 298 g/mol. The van der Waals surface area contributed by atoms with Crippen LogP contribution in [0.2, 0.25) is 0 Å². The van der Waals surface area contributed by atoms with Crippen LogP contribution in [0.4, 0.5) is 19.3 Å². The van der Waals surface area contributed by atoms with Crippen LogP contribution in [0.1, 0.15) is 26.2 Å². The van der Waals surface area contributed by atoms with E-state index < -0.39 is 17.7 Å². The van der Waals surface area contributed by atoms with E-state index in [9.17, 15) is 18.7 Å². The minimum Gasteiger partial charge on any atom is -0.396 e. The van der Waals surface area contributed by atoms with Gasteiger partial charge in [-0.15, -0.1) is 0 Å². The van der Waals surface area contributed by atoms with Gasteiger partial charge in [0.25, 0.3) is 0 Å². The topological polar surface area (TPSA) is 52.6 Å². The Morgan fingerprint density at radius 3 is 2.62 bits per heavy atom. The molecule has 2 N–H and O–H groups in total. The summed E-state index contributed by atoms with van der Waals surface area (Å²) in [4.78, 5) is 13.6. The van der Waals surface area contributed by atoms with Gasteiger partial charge in [0.05, 0.1) is 5.69 Å². The molecule has 0 radical (unpaired) electrons. The number of carbonyl (C=O) groups is 1. The number of hydrogen-bond acceptors (Lipinski definition) is 2. The van der Waals surface area contributed by atoms with Gasteiger partial charge in [-0.1, -0.05) is 13.0 Å². The second kappa shape index (κ2) is 6.39. The van der Waals surface area contributed by atoms with E-state index in [2.05, 4.69) is 5.32 Å². The van der Waals surface area contributed by atoms with E-state index in [-0.39, 0.29) is 17.7 Å². The van der Waals surface area contributed by atoms with Crippen LogP contribution < -0.4 is 5.32 Å². The Bertz CT molecular complexity index is 508. The first-order chi connectivity index (χ1) is 10.0. The van der Waals surface area contributed by atoms with Crippen LogP contribution in [-0.2, 0) is 0 Å². The molecule has 0 saturated carbocycles. The number of aliphatic hydroxyl groups is 1. The summed E-state index contributed by atoms with van der Waals surface area (Å²) < 4.78 is 26.6. The van der Waals surface area contributed by atoms with Crippen LogP contribution in [0.5, 0.6) is 0 Å². The minimum atomic E-state index is -1.05. The van der Waals surface area contributed by atoms with Crippen molar-refractivity contribution in [1.82, 2.24) is 4.90 Å². The summed E-state index contributed by atoms with van der Waals surface area (Å²) in [6.45, 7) is 3.12. The lowest BCUT2D eigenvalue weighted by Crippen LogP contribution is -2.46. The Morgan fingerprint density at radius 2 is 2.05 bits per heavy atom. The van der Waals surface area contributed by atoms with Crippen molar-refractivity contribution in [3.63, 3.8) is 0 Å². The van der Waals surface area contributed by atoms with Gasteiger partial charge >= 0.3 is 6.03 Å². The Labute approximate surface area is 122 Å². The highest BCUT2D eigenvalue weighted by Gasteiger charge is 2.34. The molecule has 6 heteroatoms. The Hall–Kier alpha value is -1.69. The number of nitrogens with one attached hydrogen (secondary N) is 1. The largest absolute Gasteiger partial charge is 0.396 e. The fourth-order valence-electron chi connectivity index (χ4n) is 2.60. The van der Waals surface area contributed by atoms with Crippen molar-refractivity contribution in [2.24, 2.45) is 5.41 Å². The number of likely N-dealkylation sites (tertiary alicyclic amines) is 1. The van der Waals surface area contributed by atoms with Crippen molar-refractivity contribution >= 4 is 11.7 Å². The van der Waals surface area contributed by atoms with Gasteiger partial charge in [0.15, 0.2) is 11.6 Å². The fraction of sp³-hybridized carbons (Fsp3) is 0.533. The molecule has 1 fully saturated rings. The second-order valence-corrected chi connectivity index (χ2v) is 5.53. The highest BCUT2D eigenvalue weighted by molar-refractivity contribution is 5.89. The first-order valence-corrected chi connectivity index (χ1v) is 7.12. The third-order valence-electron chi connectivity index (χ3n) is 4.39. The predicted octanol–water partition coefficient (Wildman–Crippen LogP) is 2.98. The summed E-state index contributed by atoms with van der Waals surface area (Å²) in [5, 5.41) is 11.9. The van der Waals surface area contributed by atoms with Gasteiger partial charge in [0.2, 0.25) is 0 Å². The van der Waals surface area contributed by atoms with E-state index in [1.54, 1.807) is 4.90 Å². The molecule has 0 spiro atoms. The molecule has 0 aliphatic carbocycles. The molecular weight excluding hydrogens is 278 g/mol. The molecule has 4 nitrogen and oxygen atoms in total. The smallest absolute Gasteiger partial charge is 0.321 e. The zero-order valence-electron chi connectivity index (χ0n) is 12.0. The predicted molar refractivity (Wildman–Crippen MR) is 76.0 cm³/mol. The standard InChI is InChI=1S/C15H20F2N2O2/c1-2-15(10-20)6-8-19(9-7-15)14(21)18-12-5-3-4-11(16)13(12)17/h3-5,20H,2,6-10H2,1H3,(H,18,21). The molecule has 0 bridgehead atoms. The van der Waals surface area contributed by atoms with E-state index in [1.165, 1.54) is 12.1 Å². The molecule has 0 aromatic heterocycles. The number of benzene rings is 1. The molecule has 2 rings (SSSR count). The third kappa shape index (κ3) is 3.32.